The van der Waals surface area contributed by atoms with Crippen LogP contribution in [0.15, 0.2) is 109 Å². The molecule has 0 saturated heterocycles. The Labute approximate surface area is 209 Å². The molecule has 0 atom stereocenters. The highest BCUT2D eigenvalue weighted by Gasteiger charge is 2.34. The number of benzene rings is 5. The van der Waals surface area contributed by atoms with E-state index in [4.69, 9.17) is 4.98 Å². The minimum Gasteiger partial charge on any atom is -0.309 e. The highest BCUT2D eigenvalue weighted by atomic mass is 15.0. The summed E-state index contributed by atoms with van der Waals surface area (Å²) < 4.78 is 2.48. The van der Waals surface area contributed by atoms with Crippen LogP contribution in [-0.4, -0.2) is 9.55 Å². The van der Waals surface area contributed by atoms with Crippen LogP contribution in [0.3, 0.4) is 0 Å². The van der Waals surface area contributed by atoms with Crippen molar-refractivity contribution in [2.24, 2.45) is 0 Å². The molecule has 0 bridgehead atoms. The van der Waals surface area contributed by atoms with Crippen LogP contribution in [0.2, 0.25) is 0 Å². The Balaban J connectivity index is 1.49. The van der Waals surface area contributed by atoms with E-state index in [9.17, 15) is 0 Å². The smallest absolute Gasteiger partial charge is 0.0786 e. The van der Waals surface area contributed by atoms with Crippen molar-refractivity contribution in [1.82, 2.24) is 9.55 Å². The van der Waals surface area contributed by atoms with Crippen molar-refractivity contribution in [2.45, 2.75) is 19.3 Å². The fourth-order valence-electron chi connectivity index (χ4n) is 6.49. The topological polar surface area (TPSA) is 17.8 Å². The van der Waals surface area contributed by atoms with Gasteiger partial charge in [-0.15, -0.1) is 0 Å². The van der Waals surface area contributed by atoms with Crippen LogP contribution in [-0.2, 0) is 5.41 Å². The lowest BCUT2D eigenvalue weighted by molar-refractivity contribution is 0.630. The second-order valence-electron chi connectivity index (χ2n) is 10.5. The zero-order chi connectivity index (χ0) is 24.0. The fourth-order valence-corrected chi connectivity index (χ4v) is 6.49. The Bertz CT molecular complexity index is 2020. The van der Waals surface area contributed by atoms with E-state index >= 15 is 0 Å². The molecule has 0 spiro atoms. The van der Waals surface area contributed by atoms with Crippen molar-refractivity contribution < 1.29 is 0 Å². The summed E-state index contributed by atoms with van der Waals surface area (Å²) in [4.78, 5) is 4.78. The van der Waals surface area contributed by atoms with Crippen LogP contribution in [0.5, 0.6) is 0 Å². The van der Waals surface area contributed by atoms with Gasteiger partial charge in [0.1, 0.15) is 0 Å². The van der Waals surface area contributed by atoms with Crippen LogP contribution >= 0.6 is 0 Å². The number of aromatic nitrogens is 2. The van der Waals surface area contributed by atoms with Crippen molar-refractivity contribution in [1.29, 1.82) is 0 Å². The van der Waals surface area contributed by atoms with Gasteiger partial charge >= 0.3 is 0 Å². The maximum Gasteiger partial charge on any atom is 0.0786 e. The highest BCUT2D eigenvalue weighted by Crippen LogP contribution is 2.48. The highest BCUT2D eigenvalue weighted by molar-refractivity contribution is 6.16. The van der Waals surface area contributed by atoms with E-state index in [0.717, 1.165) is 5.52 Å². The minimum absolute atomic E-state index is 0.0521. The van der Waals surface area contributed by atoms with Gasteiger partial charge in [-0.05, 0) is 51.9 Å². The van der Waals surface area contributed by atoms with E-state index in [0.29, 0.717) is 0 Å². The zero-order valence-electron chi connectivity index (χ0n) is 20.3. The van der Waals surface area contributed by atoms with Gasteiger partial charge in [0.15, 0.2) is 0 Å². The number of pyridine rings is 1. The monoisotopic (exact) mass is 460 g/mol. The van der Waals surface area contributed by atoms with Crippen molar-refractivity contribution in [3.8, 4) is 16.8 Å². The summed E-state index contributed by atoms with van der Waals surface area (Å²) in [5.74, 6) is 0. The number of para-hydroxylation sites is 2. The summed E-state index contributed by atoms with van der Waals surface area (Å²) in [6.45, 7) is 4.70. The van der Waals surface area contributed by atoms with Crippen LogP contribution in [0.25, 0.3) is 60.3 Å². The Kier molecular flexibility index (Phi) is 3.76. The molecule has 0 N–H and O–H groups in total. The molecule has 0 unspecified atom stereocenters. The molecule has 1 aliphatic rings. The van der Waals surface area contributed by atoms with Gasteiger partial charge in [0, 0.05) is 33.2 Å². The van der Waals surface area contributed by atoms with E-state index in [-0.39, 0.29) is 5.41 Å². The van der Waals surface area contributed by atoms with Gasteiger partial charge < -0.3 is 4.57 Å². The minimum atomic E-state index is -0.0521. The number of nitrogens with zero attached hydrogens (tertiary/aromatic N) is 2. The third-order valence-electron chi connectivity index (χ3n) is 8.20. The molecule has 8 rings (SSSR count). The molecule has 2 heteroatoms. The first-order chi connectivity index (χ1) is 17.6. The molecule has 170 valence electrons. The SMILES string of the molecule is CC1(C)c2ccccc2-n2c3ccc(-c4cccc5ccc6cccnc6c45)cc3c3cccc1c32. The molecule has 0 aliphatic carbocycles. The van der Waals surface area contributed by atoms with Gasteiger partial charge in [-0.3, -0.25) is 4.98 Å². The van der Waals surface area contributed by atoms with Crippen molar-refractivity contribution in [3.05, 3.63) is 120 Å². The van der Waals surface area contributed by atoms with Crippen LogP contribution in [0, 0.1) is 0 Å². The molecule has 0 saturated carbocycles. The lowest BCUT2D eigenvalue weighted by atomic mass is 9.75. The maximum absolute atomic E-state index is 4.78. The summed E-state index contributed by atoms with van der Waals surface area (Å²) in [5.41, 5.74) is 10.1. The average molecular weight is 461 g/mol. The Morgan fingerprint density at radius 3 is 2.42 bits per heavy atom. The maximum atomic E-state index is 4.78. The molecule has 2 nitrogen and oxygen atoms in total. The van der Waals surface area contributed by atoms with Gasteiger partial charge in [0.05, 0.1) is 22.2 Å². The first-order valence-electron chi connectivity index (χ1n) is 12.6. The van der Waals surface area contributed by atoms with E-state index in [1.165, 1.54) is 65.9 Å². The molecular formula is C34H24N2. The second-order valence-corrected chi connectivity index (χ2v) is 10.5. The van der Waals surface area contributed by atoms with E-state index in [1.54, 1.807) is 0 Å². The summed E-state index contributed by atoms with van der Waals surface area (Å²) in [6, 6.07) is 37.8. The normalized spacial score (nSPS) is 14.1. The number of fused-ring (bicyclic) bond motifs is 8. The molecule has 1 aliphatic heterocycles. The molecule has 0 radical (unpaired) electrons. The molecule has 7 aromatic rings. The van der Waals surface area contributed by atoms with E-state index in [2.05, 4.69) is 115 Å². The number of rotatable bonds is 1. The zero-order valence-corrected chi connectivity index (χ0v) is 20.3. The summed E-state index contributed by atoms with van der Waals surface area (Å²) in [6.07, 6.45) is 1.89. The predicted octanol–water partition coefficient (Wildman–Crippen LogP) is 8.79. The van der Waals surface area contributed by atoms with E-state index < -0.39 is 0 Å². The third-order valence-corrected chi connectivity index (χ3v) is 8.20. The molecule has 0 fully saturated rings. The van der Waals surface area contributed by atoms with Crippen molar-refractivity contribution in [2.75, 3.05) is 0 Å². The molecule has 3 heterocycles. The first-order valence-corrected chi connectivity index (χ1v) is 12.6. The standard InChI is InChI=1S/C34H24N2/c1-34(2)27-12-3-4-14-30(27)36-29-18-17-23(20-26(29)25-11-6-13-28(34)33(25)36)24-10-5-8-21-15-16-22-9-7-19-35-32(22)31(21)24/h3-20H,1-2H3. The second kappa shape index (κ2) is 6.83. The van der Waals surface area contributed by atoms with Crippen molar-refractivity contribution in [3.63, 3.8) is 0 Å². The third kappa shape index (κ3) is 2.43. The average Bonchev–Trinajstić information content (AvgIpc) is 3.26. The summed E-state index contributed by atoms with van der Waals surface area (Å²) >= 11 is 0. The Morgan fingerprint density at radius 2 is 1.47 bits per heavy atom. The lowest BCUT2D eigenvalue weighted by Gasteiger charge is -2.34. The van der Waals surface area contributed by atoms with Gasteiger partial charge in [0.25, 0.3) is 0 Å². The predicted molar refractivity (Wildman–Crippen MR) is 151 cm³/mol. The lowest BCUT2D eigenvalue weighted by Crippen LogP contribution is -2.26. The Morgan fingerprint density at radius 1 is 0.667 bits per heavy atom. The quantitative estimate of drug-likeness (QED) is 0.224. The van der Waals surface area contributed by atoms with Gasteiger partial charge in [-0.25, -0.2) is 0 Å². The van der Waals surface area contributed by atoms with Gasteiger partial charge in [-0.2, -0.15) is 0 Å². The van der Waals surface area contributed by atoms with E-state index in [1.807, 2.05) is 12.3 Å². The Hall–Kier alpha value is -4.43. The largest absolute Gasteiger partial charge is 0.309 e. The molecule has 2 aromatic heterocycles. The fraction of sp³-hybridized carbons (Fsp3) is 0.0882. The van der Waals surface area contributed by atoms with Gasteiger partial charge in [-0.1, -0.05) is 92.7 Å². The molecule has 36 heavy (non-hydrogen) atoms. The number of hydrogen-bond acceptors (Lipinski definition) is 1. The number of hydrogen-bond donors (Lipinski definition) is 0. The van der Waals surface area contributed by atoms with Crippen LogP contribution < -0.4 is 0 Å². The summed E-state index contributed by atoms with van der Waals surface area (Å²) in [5, 5.41) is 6.22. The van der Waals surface area contributed by atoms with Crippen LogP contribution in [0.4, 0.5) is 0 Å². The summed E-state index contributed by atoms with van der Waals surface area (Å²) in [7, 11) is 0. The van der Waals surface area contributed by atoms with Gasteiger partial charge in [0.2, 0.25) is 0 Å². The van der Waals surface area contributed by atoms with Crippen molar-refractivity contribution >= 4 is 43.5 Å². The molecular weight excluding hydrogens is 436 g/mol. The van der Waals surface area contributed by atoms with Crippen LogP contribution in [0.1, 0.15) is 25.0 Å². The first kappa shape index (κ1) is 19.8. The molecule has 0 amide bonds. The molecule has 5 aromatic carbocycles.